The van der Waals surface area contributed by atoms with E-state index in [-0.39, 0.29) is 23.9 Å². The van der Waals surface area contributed by atoms with E-state index in [1.165, 1.54) is 16.9 Å². The van der Waals surface area contributed by atoms with Crippen LogP contribution in [0.2, 0.25) is 0 Å². The van der Waals surface area contributed by atoms with Crippen LogP contribution in [0.3, 0.4) is 0 Å². The van der Waals surface area contributed by atoms with Gasteiger partial charge in [0, 0.05) is 37.9 Å². The summed E-state index contributed by atoms with van der Waals surface area (Å²) in [7, 11) is 1.83. The second-order valence-electron chi connectivity index (χ2n) is 6.86. The van der Waals surface area contributed by atoms with Crippen LogP contribution in [0.5, 0.6) is 0 Å². The van der Waals surface area contributed by atoms with E-state index in [2.05, 4.69) is 17.1 Å². The van der Waals surface area contributed by atoms with Crippen molar-refractivity contribution in [1.29, 1.82) is 0 Å². The Bertz CT molecular complexity index is 789. The van der Waals surface area contributed by atoms with E-state index in [1.54, 1.807) is 4.90 Å². The van der Waals surface area contributed by atoms with Crippen molar-refractivity contribution in [3.63, 3.8) is 0 Å². The van der Waals surface area contributed by atoms with Gasteiger partial charge in [-0.15, -0.1) is 11.3 Å². The molecule has 130 valence electrons. The Balaban J connectivity index is 1.52. The van der Waals surface area contributed by atoms with Crippen LogP contribution >= 0.6 is 11.3 Å². The number of rotatable bonds is 3. The maximum Gasteiger partial charge on any atom is 0.273 e. The molecule has 4 rings (SSSR count). The molecular formula is C19H21N3O2S. The first-order valence-electron chi connectivity index (χ1n) is 8.67. The number of likely N-dealkylation sites (N-methyl/N-ethyl adjacent to an activating group) is 1. The highest BCUT2D eigenvalue weighted by molar-refractivity contribution is 7.09. The molecule has 2 atom stereocenters. The van der Waals surface area contributed by atoms with Crippen molar-refractivity contribution in [3.05, 3.63) is 52.0 Å². The summed E-state index contributed by atoms with van der Waals surface area (Å²) in [5.41, 5.74) is 1.71. The zero-order valence-corrected chi connectivity index (χ0v) is 15.0. The molecular weight excluding hydrogens is 334 g/mol. The number of thiazole rings is 1. The lowest BCUT2D eigenvalue weighted by Crippen LogP contribution is -2.42. The monoisotopic (exact) mass is 355 g/mol. The zero-order chi connectivity index (χ0) is 17.4. The predicted molar refractivity (Wildman–Crippen MR) is 96.6 cm³/mol. The van der Waals surface area contributed by atoms with Crippen molar-refractivity contribution >= 4 is 23.2 Å². The smallest absolute Gasteiger partial charge is 0.273 e. The summed E-state index contributed by atoms with van der Waals surface area (Å²) in [6.07, 6.45) is 3.05. The lowest BCUT2D eigenvalue weighted by Gasteiger charge is -2.27. The molecule has 6 heteroatoms. The number of carbonyl (C=O) groups excluding carboxylic acids is 2. The fourth-order valence-corrected chi connectivity index (χ4v) is 4.64. The van der Waals surface area contributed by atoms with Crippen molar-refractivity contribution in [1.82, 2.24) is 14.8 Å². The van der Waals surface area contributed by atoms with Gasteiger partial charge in [0.2, 0.25) is 5.91 Å². The molecule has 2 fully saturated rings. The number of hydrogen-bond donors (Lipinski definition) is 0. The van der Waals surface area contributed by atoms with Crippen LogP contribution in [-0.4, -0.2) is 52.3 Å². The summed E-state index contributed by atoms with van der Waals surface area (Å²) in [6.45, 7) is 0.627. The topological polar surface area (TPSA) is 53.5 Å². The lowest BCUT2D eigenvalue weighted by atomic mass is 10.1. The van der Waals surface area contributed by atoms with Gasteiger partial charge in [-0.1, -0.05) is 30.3 Å². The summed E-state index contributed by atoms with van der Waals surface area (Å²) >= 11 is 1.53. The number of amides is 2. The number of aromatic nitrogens is 1. The third-order valence-electron chi connectivity index (χ3n) is 5.14. The Morgan fingerprint density at radius 1 is 1.24 bits per heavy atom. The van der Waals surface area contributed by atoms with Gasteiger partial charge in [0.1, 0.15) is 5.69 Å². The molecule has 2 aliphatic heterocycles. The first-order valence-corrected chi connectivity index (χ1v) is 9.55. The highest BCUT2D eigenvalue weighted by atomic mass is 32.1. The van der Waals surface area contributed by atoms with Gasteiger partial charge in [-0.25, -0.2) is 4.98 Å². The van der Waals surface area contributed by atoms with Crippen molar-refractivity contribution < 1.29 is 9.59 Å². The number of likely N-dealkylation sites (tertiary alicyclic amines) is 1. The van der Waals surface area contributed by atoms with Crippen LogP contribution in [0.25, 0.3) is 0 Å². The summed E-state index contributed by atoms with van der Waals surface area (Å²) < 4.78 is 0. The number of nitrogens with zero attached hydrogens (tertiary/aromatic N) is 3. The quantitative estimate of drug-likeness (QED) is 0.850. The van der Waals surface area contributed by atoms with Crippen LogP contribution < -0.4 is 0 Å². The third-order valence-corrected chi connectivity index (χ3v) is 5.99. The molecule has 0 unspecified atom stereocenters. The second-order valence-corrected chi connectivity index (χ2v) is 7.81. The van der Waals surface area contributed by atoms with E-state index >= 15 is 0 Å². The van der Waals surface area contributed by atoms with E-state index in [9.17, 15) is 9.59 Å². The zero-order valence-electron chi connectivity index (χ0n) is 14.2. The van der Waals surface area contributed by atoms with Crippen molar-refractivity contribution in [2.24, 2.45) is 0 Å². The Kier molecular flexibility index (Phi) is 4.29. The number of carbonyl (C=O) groups is 2. The van der Waals surface area contributed by atoms with Gasteiger partial charge in [0.15, 0.2) is 0 Å². The molecule has 0 N–H and O–H groups in total. The first-order chi connectivity index (χ1) is 12.1. The molecule has 2 saturated heterocycles. The van der Waals surface area contributed by atoms with Gasteiger partial charge in [-0.05, 0) is 18.4 Å². The third kappa shape index (κ3) is 3.18. The molecule has 25 heavy (non-hydrogen) atoms. The molecule has 2 aromatic rings. The van der Waals surface area contributed by atoms with Crippen molar-refractivity contribution in [2.75, 3.05) is 13.6 Å². The minimum Gasteiger partial charge on any atom is -0.344 e. The highest BCUT2D eigenvalue weighted by Gasteiger charge is 2.42. The standard InChI is InChI=1S/C19H21N3O2S/c1-21-11-15-8-7-14(10-18(21)23)22(15)19(24)16-12-25-17(20-16)9-13-5-3-2-4-6-13/h2-6,12,14-15H,7-11H2,1H3/t14-,15+/m1/s1. The van der Waals surface area contributed by atoms with Gasteiger partial charge in [-0.3, -0.25) is 9.59 Å². The number of benzene rings is 1. The summed E-state index contributed by atoms with van der Waals surface area (Å²) in [4.78, 5) is 33.4. The Morgan fingerprint density at radius 2 is 2.00 bits per heavy atom. The molecule has 2 aliphatic rings. The predicted octanol–water partition coefficient (Wildman–Crippen LogP) is 2.57. The fraction of sp³-hybridized carbons (Fsp3) is 0.421. The first kappa shape index (κ1) is 16.3. The fourth-order valence-electron chi connectivity index (χ4n) is 3.84. The largest absolute Gasteiger partial charge is 0.344 e. The molecule has 1 aromatic heterocycles. The molecule has 0 saturated carbocycles. The molecule has 2 bridgehead atoms. The minimum absolute atomic E-state index is 0.0221. The van der Waals surface area contributed by atoms with E-state index in [0.717, 1.165) is 24.3 Å². The van der Waals surface area contributed by atoms with E-state index in [4.69, 9.17) is 0 Å². The Morgan fingerprint density at radius 3 is 2.80 bits per heavy atom. The van der Waals surface area contributed by atoms with Crippen LogP contribution in [0.1, 0.15) is 40.3 Å². The molecule has 3 heterocycles. The van der Waals surface area contributed by atoms with Crippen LogP contribution in [0.15, 0.2) is 35.7 Å². The van der Waals surface area contributed by atoms with Gasteiger partial charge in [0.05, 0.1) is 11.0 Å². The molecule has 0 radical (unpaired) electrons. The van der Waals surface area contributed by atoms with Gasteiger partial charge in [0.25, 0.3) is 5.91 Å². The normalized spacial score (nSPS) is 23.0. The summed E-state index contributed by atoms with van der Waals surface area (Å²) in [6, 6.07) is 10.3. The molecule has 0 aliphatic carbocycles. The Labute approximate surface area is 151 Å². The maximum absolute atomic E-state index is 13.0. The van der Waals surface area contributed by atoms with E-state index < -0.39 is 0 Å². The van der Waals surface area contributed by atoms with E-state index in [0.29, 0.717) is 18.7 Å². The average molecular weight is 355 g/mol. The number of hydrogen-bond acceptors (Lipinski definition) is 4. The van der Waals surface area contributed by atoms with Crippen LogP contribution in [0.4, 0.5) is 0 Å². The summed E-state index contributed by atoms with van der Waals surface area (Å²) in [5, 5.41) is 2.81. The van der Waals surface area contributed by atoms with Crippen LogP contribution in [-0.2, 0) is 11.2 Å². The molecule has 1 aromatic carbocycles. The maximum atomic E-state index is 13.0. The lowest BCUT2D eigenvalue weighted by molar-refractivity contribution is -0.130. The molecule has 5 nitrogen and oxygen atoms in total. The highest BCUT2D eigenvalue weighted by Crippen LogP contribution is 2.32. The van der Waals surface area contributed by atoms with Gasteiger partial charge < -0.3 is 9.80 Å². The van der Waals surface area contributed by atoms with Gasteiger partial charge >= 0.3 is 0 Å². The summed E-state index contributed by atoms with van der Waals surface area (Å²) in [5.74, 6) is 0.110. The minimum atomic E-state index is -0.0221. The van der Waals surface area contributed by atoms with Crippen molar-refractivity contribution in [2.45, 2.75) is 37.8 Å². The average Bonchev–Trinajstić information content (AvgIpc) is 3.19. The van der Waals surface area contributed by atoms with Crippen LogP contribution in [0, 0.1) is 0 Å². The van der Waals surface area contributed by atoms with Crippen molar-refractivity contribution in [3.8, 4) is 0 Å². The van der Waals surface area contributed by atoms with Gasteiger partial charge in [-0.2, -0.15) is 0 Å². The SMILES string of the molecule is CN1C[C@@H]2CC[C@H](CC1=O)N2C(=O)c1csc(Cc2ccccc2)n1. The Hall–Kier alpha value is -2.21. The number of fused-ring (bicyclic) bond motifs is 2. The van der Waals surface area contributed by atoms with E-state index in [1.807, 2.05) is 35.5 Å². The second kappa shape index (κ2) is 6.59. The molecule has 0 spiro atoms. The molecule has 2 amide bonds.